The Bertz CT molecular complexity index is 65.9. The number of hydrogen-bond acceptors (Lipinski definition) is 2. The quantitative estimate of drug-likeness (QED) is 0.597. The molecule has 0 aromatic carbocycles. The van der Waals surface area contributed by atoms with Crippen molar-refractivity contribution in [2.24, 2.45) is 0 Å². The van der Waals surface area contributed by atoms with Gasteiger partial charge < -0.3 is 0 Å². The molecule has 0 aromatic heterocycles. The molecule has 1 unspecified atom stereocenters. The first kappa shape index (κ1) is 9.31. The standard InChI is InChI=1S/C7H17NS/c1-4-6-8(9)7(3)5-2/h7,9H,4-6H2,1-3H3. The molecule has 0 amide bonds. The van der Waals surface area contributed by atoms with E-state index in [0.717, 1.165) is 6.54 Å². The first-order valence-corrected chi connectivity index (χ1v) is 4.07. The molecule has 0 aromatic rings. The van der Waals surface area contributed by atoms with Gasteiger partial charge in [0.25, 0.3) is 0 Å². The first-order valence-electron chi connectivity index (χ1n) is 3.67. The lowest BCUT2D eigenvalue weighted by atomic mass is 10.2. The average Bonchev–Trinajstić information content (AvgIpc) is 1.87. The number of thiol groups is 1. The molecule has 0 aliphatic heterocycles. The second kappa shape index (κ2) is 5.12. The number of rotatable bonds is 4. The van der Waals surface area contributed by atoms with Crippen LogP contribution in [0.25, 0.3) is 0 Å². The Morgan fingerprint density at radius 3 is 2.33 bits per heavy atom. The maximum absolute atomic E-state index is 4.32. The van der Waals surface area contributed by atoms with E-state index in [-0.39, 0.29) is 0 Å². The van der Waals surface area contributed by atoms with E-state index in [1.54, 1.807) is 0 Å². The van der Waals surface area contributed by atoms with Gasteiger partial charge in [0, 0.05) is 12.6 Å². The summed E-state index contributed by atoms with van der Waals surface area (Å²) in [6.45, 7) is 7.65. The van der Waals surface area contributed by atoms with Gasteiger partial charge in [0.2, 0.25) is 0 Å². The summed E-state index contributed by atoms with van der Waals surface area (Å²) in [6.07, 6.45) is 2.37. The van der Waals surface area contributed by atoms with Crippen molar-refractivity contribution in [3.63, 3.8) is 0 Å². The molecule has 0 saturated carbocycles. The molecule has 1 atom stereocenters. The van der Waals surface area contributed by atoms with E-state index in [4.69, 9.17) is 0 Å². The third kappa shape index (κ3) is 3.82. The van der Waals surface area contributed by atoms with Crippen molar-refractivity contribution in [3.8, 4) is 0 Å². The molecular formula is C7H17NS. The van der Waals surface area contributed by atoms with Crippen molar-refractivity contribution in [3.05, 3.63) is 0 Å². The summed E-state index contributed by atoms with van der Waals surface area (Å²) in [7, 11) is 0. The van der Waals surface area contributed by atoms with E-state index < -0.39 is 0 Å². The van der Waals surface area contributed by atoms with Crippen molar-refractivity contribution in [2.45, 2.75) is 39.7 Å². The highest BCUT2D eigenvalue weighted by Gasteiger charge is 2.04. The molecule has 0 saturated heterocycles. The number of hydrogen-bond donors (Lipinski definition) is 1. The minimum atomic E-state index is 0.619. The van der Waals surface area contributed by atoms with Crippen LogP contribution in [0, 0.1) is 0 Å². The smallest absolute Gasteiger partial charge is 0.0169 e. The van der Waals surface area contributed by atoms with Gasteiger partial charge in [0.05, 0.1) is 0 Å². The lowest BCUT2D eigenvalue weighted by Crippen LogP contribution is -2.23. The summed E-state index contributed by atoms with van der Waals surface area (Å²) < 4.78 is 2.10. The molecule has 1 nitrogen and oxygen atoms in total. The highest BCUT2D eigenvalue weighted by atomic mass is 32.1. The molecule has 0 aliphatic carbocycles. The van der Waals surface area contributed by atoms with Gasteiger partial charge in [0.1, 0.15) is 0 Å². The minimum absolute atomic E-state index is 0.619. The van der Waals surface area contributed by atoms with Crippen LogP contribution in [0.2, 0.25) is 0 Å². The molecule has 9 heavy (non-hydrogen) atoms. The Hall–Kier alpha value is 0.310. The van der Waals surface area contributed by atoms with Gasteiger partial charge in [-0.05, 0) is 19.8 Å². The Labute approximate surface area is 64.0 Å². The summed E-state index contributed by atoms with van der Waals surface area (Å²) in [4.78, 5) is 0. The van der Waals surface area contributed by atoms with Crippen molar-refractivity contribution >= 4 is 12.8 Å². The average molecular weight is 147 g/mol. The van der Waals surface area contributed by atoms with E-state index in [0.29, 0.717) is 6.04 Å². The summed E-state index contributed by atoms with van der Waals surface area (Å²) >= 11 is 4.32. The van der Waals surface area contributed by atoms with Crippen LogP contribution in [-0.4, -0.2) is 16.9 Å². The molecule has 0 heterocycles. The Morgan fingerprint density at radius 1 is 1.44 bits per heavy atom. The van der Waals surface area contributed by atoms with Crippen LogP contribution < -0.4 is 0 Å². The lowest BCUT2D eigenvalue weighted by molar-refractivity contribution is 0.369. The van der Waals surface area contributed by atoms with Crippen molar-refractivity contribution < 1.29 is 0 Å². The molecule has 0 rings (SSSR count). The van der Waals surface area contributed by atoms with Crippen molar-refractivity contribution in [1.82, 2.24) is 4.31 Å². The highest BCUT2D eigenvalue weighted by Crippen LogP contribution is 2.05. The van der Waals surface area contributed by atoms with Gasteiger partial charge in [-0.25, -0.2) is 0 Å². The molecule has 0 bridgehead atoms. The van der Waals surface area contributed by atoms with Gasteiger partial charge in [-0.2, -0.15) is 0 Å². The Morgan fingerprint density at radius 2 is 2.00 bits per heavy atom. The molecule has 0 fully saturated rings. The minimum Gasteiger partial charge on any atom is -0.251 e. The Balaban J connectivity index is 3.32. The molecular weight excluding hydrogens is 130 g/mol. The summed E-state index contributed by atoms with van der Waals surface area (Å²) in [5.74, 6) is 0. The van der Waals surface area contributed by atoms with Crippen LogP contribution in [0.3, 0.4) is 0 Å². The van der Waals surface area contributed by atoms with E-state index >= 15 is 0 Å². The molecule has 0 spiro atoms. The summed E-state index contributed by atoms with van der Waals surface area (Å²) in [5.41, 5.74) is 0. The number of nitrogens with zero attached hydrogens (tertiary/aromatic N) is 1. The van der Waals surface area contributed by atoms with E-state index in [1.165, 1.54) is 12.8 Å². The van der Waals surface area contributed by atoms with Crippen LogP contribution in [0.15, 0.2) is 0 Å². The maximum Gasteiger partial charge on any atom is 0.0169 e. The lowest BCUT2D eigenvalue weighted by Gasteiger charge is -2.20. The fourth-order valence-corrected chi connectivity index (χ4v) is 1.02. The van der Waals surface area contributed by atoms with Crippen LogP contribution in [0.5, 0.6) is 0 Å². The first-order chi connectivity index (χ1) is 4.22. The predicted molar refractivity (Wildman–Crippen MR) is 45.7 cm³/mol. The molecule has 0 N–H and O–H groups in total. The van der Waals surface area contributed by atoms with Crippen LogP contribution in [0.4, 0.5) is 0 Å². The maximum atomic E-state index is 4.32. The monoisotopic (exact) mass is 147 g/mol. The van der Waals surface area contributed by atoms with E-state index in [1.807, 2.05) is 0 Å². The fraction of sp³-hybridized carbons (Fsp3) is 1.00. The van der Waals surface area contributed by atoms with Crippen LogP contribution in [-0.2, 0) is 0 Å². The van der Waals surface area contributed by atoms with E-state index in [2.05, 4.69) is 37.9 Å². The summed E-state index contributed by atoms with van der Waals surface area (Å²) in [6, 6.07) is 0.619. The molecule has 0 aliphatic rings. The second-order valence-corrected chi connectivity index (χ2v) is 2.93. The molecule has 0 radical (unpaired) electrons. The van der Waals surface area contributed by atoms with E-state index in [9.17, 15) is 0 Å². The largest absolute Gasteiger partial charge is 0.251 e. The Kier molecular flexibility index (Phi) is 5.30. The van der Waals surface area contributed by atoms with Gasteiger partial charge in [-0.1, -0.05) is 26.7 Å². The third-order valence-corrected chi connectivity index (χ3v) is 2.15. The topological polar surface area (TPSA) is 3.24 Å². The summed E-state index contributed by atoms with van der Waals surface area (Å²) in [5, 5.41) is 0. The predicted octanol–water partition coefficient (Wildman–Crippen LogP) is 2.34. The zero-order chi connectivity index (χ0) is 7.28. The van der Waals surface area contributed by atoms with Gasteiger partial charge in [-0.3, -0.25) is 4.31 Å². The van der Waals surface area contributed by atoms with Gasteiger partial charge in [0.15, 0.2) is 0 Å². The SMILES string of the molecule is CCCN(S)C(C)CC. The normalized spacial score (nSPS) is 14.3. The molecule has 56 valence electrons. The zero-order valence-electron chi connectivity index (χ0n) is 6.59. The van der Waals surface area contributed by atoms with Gasteiger partial charge >= 0.3 is 0 Å². The van der Waals surface area contributed by atoms with Crippen molar-refractivity contribution in [1.29, 1.82) is 0 Å². The fourth-order valence-electron chi connectivity index (χ4n) is 0.660. The highest BCUT2D eigenvalue weighted by molar-refractivity contribution is 7.77. The molecule has 2 heteroatoms. The van der Waals surface area contributed by atoms with Gasteiger partial charge in [-0.15, -0.1) is 0 Å². The zero-order valence-corrected chi connectivity index (χ0v) is 7.49. The van der Waals surface area contributed by atoms with Crippen molar-refractivity contribution in [2.75, 3.05) is 6.54 Å². The third-order valence-electron chi connectivity index (χ3n) is 1.55. The van der Waals surface area contributed by atoms with Crippen LogP contribution >= 0.6 is 12.8 Å². The van der Waals surface area contributed by atoms with Crippen LogP contribution in [0.1, 0.15) is 33.6 Å². The second-order valence-electron chi connectivity index (χ2n) is 2.42.